The predicted molar refractivity (Wildman–Crippen MR) is 59.5 cm³/mol. The second-order valence-electron chi connectivity index (χ2n) is 4.93. The van der Waals surface area contributed by atoms with Crippen LogP contribution in [0.3, 0.4) is 0 Å². The van der Waals surface area contributed by atoms with Gasteiger partial charge >= 0.3 is 6.03 Å². The molecular formula is C11H21N3O. The lowest BCUT2D eigenvalue weighted by Gasteiger charge is -2.36. The molecule has 1 heterocycles. The Morgan fingerprint density at radius 1 is 1.47 bits per heavy atom. The fraction of sp³-hybridized carbons (Fsp3) is 0.909. The van der Waals surface area contributed by atoms with Crippen LogP contribution in [0.2, 0.25) is 0 Å². The van der Waals surface area contributed by atoms with Crippen molar-refractivity contribution < 1.29 is 4.79 Å². The standard InChI is InChI=1S/C11H21N3O/c1-8-4-5-14(7-9(8)6-12)11(15)13-10-2-3-10/h8-10H,2-7,12H2,1H3,(H,13,15). The second-order valence-corrected chi connectivity index (χ2v) is 4.93. The van der Waals surface area contributed by atoms with Crippen LogP contribution in [0.25, 0.3) is 0 Å². The van der Waals surface area contributed by atoms with E-state index in [9.17, 15) is 4.79 Å². The quantitative estimate of drug-likeness (QED) is 0.709. The van der Waals surface area contributed by atoms with Crippen molar-refractivity contribution in [3.63, 3.8) is 0 Å². The molecule has 2 unspecified atom stereocenters. The first-order chi connectivity index (χ1) is 7.20. The van der Waals surface area contributed by atoms with Crippen LogP contribution in [0.15, 0.2) is 0 Å². The number of carbonyl (C=O) groups excluding carboxylic acids is 1. The topological polar surface area (TPSA) is 58.4 Å². The first-order valence-electron chi connectivity index (χ1n) is 5.96. The highest BCUT2D eigenvalue weighted by molar-refractivity contribution is 5.75. The first kappa shape index (κ1) is 10.7. The van der Waals surface area contributed by atoms with Gasteiger partial charge in [-0.1, -0.05) is 6.92 Å². The van der Waals surface area contributed by atoms with Crippen molar-refractivity contribution in [3.8, 4) is 0 Å². The fourth-order valence-corrected chi connectivity index (χ4v) is 2.13. The summed E-state index contributed by atoms with van der Waals surface area (Å²) in [5.74, 6) is 1.13. The van der Waals surface area contributed by atoms with Gasteiger partial charge in [-0.2, -0.15) is 0 Å². The Hall–Kier alpha value is -0.770. The van der Waals surface area contributed by atoms with Gasteiger partial charge in [0, 0.05) is 19.1 Å². The number of nitrogens with two attached hydrogens (primary N) is 1. The zero-order valence-corrected chi connectivity index (χ0v) is 9.41. The van der Waals surface area contributed by atoms with Gasteiger partial charge < -0.3 is 16.0 Å². The lowest BCUT2D eigenvalue weighted by molar-refractivity contribution is 0.140. The van der Waals surface area contributed by atoms with Gasteiger partial charge in [0.1, 0.15) is 0 Å². The Bertz CT molecular complexity index is 240. The monoisotopic (exact) mass is 211 g/mol. The molecule has 0 aromatic rings. The van der Waals surface area contributed by atoms with Gasteiger partial charge in [-0.25, -0.2) is 4.79 Å². The molecule has 2 aliphatic rings. The van der Waals surface area contributed by atoms with Gasteiger partial charge in [0.15, 0.2) is 0 Å². The Labute approximate surface area is 91.2 Å². The molecule has 0 radical (unpaired) electrons. The number of amides is 2. The van der Waals surface area contributed by atoms with Crippen molar-refractivity contribution in [2.75, 3.05) is 19.6 Å². The van der Waals surface area contributed by atoms with E-state index in [4.69, 9.17) is 5.73 Å². The lowest BCUT2D eigenvalue weighted by atomic mass is 9.87. The summed E-state index contributed by atoms with van der Waals surface area (Å²) in [6.45, 7) is 4.63. The third-order valence-corrected chi connectivity index (χ3v) is 3.61. The highest BCUT2D eigenvalue weighted by atomic mass is 16.2. The van der Waals surface area contributed by atoms with Crippen LogP contribution in [0, 0.1) is 11.8 Å². The van der Waals surface area contributed by atoms with Crippen molar-refractivity contribution in [2.45, 2.75) is 32.2 Å². The summed E-state index contributed by atoms with van der Waals surface area (Å²) in [7, 11) is 0. The normalized spacial score (nSPS) is 31.5. The van der Waals surface area contributed by atoms with Crippen LogP contribution in [-0.4, -0.2) is 36.6 Å². The Kier molecular flexibility index (Phi) is 3.14. The summed E-state index contributed by atoms with van der Waals surface area (Å²) >= 11 is 0. The highest BCUT2D eigenvalue weighted by Crippen LogP contribution is 2.23. The third-order valence-electron chi connectivity index (χ3n) is 3.61. The molecule has 1 saturated carbocycles. The minimum atomic E-state index is 0.114. The van der Waals surface area contributed by atoms with Crippen molar-refractivity contribution in [3.05, 3.63) is 0 Å². The Morgan fingerprint density at radius 2 is 2.20 bits per heavy atom. The van der Waals surface area contributed by atoms with E-state index in [-0.39, 0.29) is 6.03 Å². The van der Waals surface area contributed by atoms with Gasteiger partial charge in [-0.15, -0.1) is 0 Å². The molecule has 4 heteroatoms. The van der Waals surface area contributed by atoms with E-state index in [1.165, 1.54) is 0 Å². The molecule has 1 aliphatic heterocycles. The van der Waals surface area contributed by atoms with Crippen molar-refractivity contribution in [2.24, 2.45) is 17.6 Å². The average Bonchev–Trinajstić information content (AvgIpc) is 3.02. The minimum Gasteiger partial charge on any atom is -0.335 e. The number of nitrogens with zero attached hydrogens (tertiary/aromatic N) is 1. The van der Waals surface area contributed by atoms with Crippen molar-refractivity contribution in [1.29, 1.82) is 0 Å². The average molecular weight is 211 g/mol. The molecule has 3 N–H and O–H groups in total. The van der Waals surface area contributed by atoms with E-state index in [2.05, 4.69) is 12.2 Å². The van der Waals surface area contributed by atoms with E-state index < -0.39 is 0 Å². The molecule has 2 atom stereocenters. The summed E-state index contributed by atoms with van der Waals surface area (Å²) in [6.07, 6.45) is 3.38. The molecule has 0 aromatic heterocycles. The molecule has 4 nitrogen and oxygen atoms in total. The van der Waals surface area contributed by atoms with Gasteiger partial charge in [0.25, 0.3) is 0 Å². The van der Waals surface area contributed by atoms with Crippen LogP contribution < -0.4 is 11.1 Å². The molecule has 1 aliphatic carbocycles. The maximum atomic E-state index is 11.8. The number of hydrogen-bond donors (Lipinski definition) is 2. The zero-order chi connectivity index (χ0) is 10.8. The summed E-state index contributed by atoms with van der Waals surface area (Å²) < 4.78 is 0. The van der Waals surface area contributed by atoms with Crippen molar-refractivity contribution in [1.82, 2.24) is 10.2 Å². The number of hydrogen-bond acceptors (Lipinski definition) is 2. The van der Waals surface area contributed by atoms with E-state index >= 15 is 0 Å². The highest BCUT2D eigenvalue weighted by Gasteiger charge is 2.30. The largest absolute Gasteiger partial charge is 0.335 e. The van der Waals surface area contributed by atoms with Gasteiger partial charge in [0.2, 0.25) is 0 Å². The number of carbonyl (C=O) groups is 1. The van der Waals surface area contributed by atoms with Crippen molar-refractivity contribution >= 4 is 6.03 Å². The zero-order valence-electron chi connectivity index (χ0n) is 9.41. The Morgan fingerprint density at radius 3 is 2.80 bits per heavy atom. The van der Waals surface area contributed by atoms with Gasteiger partial charge in [-0.3, -0.25) is 0 Å². The number of rotatable bonds is 2. The van der Waals surface area contributed by atoms with E-state index in [0.29, 0.717) is 24.4 Å². The van der Waals surface area contributed by atoms with Crippen LogP contribution in [0.4, 0.5) is 4.79 Å². The number of piperidine rings is 1. The fourth-order valence-electron chi connectivity index (χ4n) is 2.13. The summed E-state index contributed by atoms with van der Waals surface area (Å²) in [5, 5.41) is 3.03. The lowest BCUT2D eigenvalue weighted by Crippen LogP contribution is -2.49. The second kappa shape index (κ2) is 4.39. The Balaban J connectivity index is 1.84. The number of likely N-dealkylation sites (tertiary alicyclic amines) is 1. The number of nitrogens with one attached hydrogen (secondary N) is 1. The molecule has 0 spiro atoms. The molecule has 86 valence electrons. The molecule has 15 heavy (non-hydrogen) atoms. The molecule has 0 bridgehead atoms. The van der Waals surface area contributed by atoms with Gasteiger partial charge in [0.05, 0.1) is 0 Å². The molecular weight excluding hydrogens is 190 g/mol. The summed E-state index contributed by atoms with van der Waals surface area (Å²) in [6, 6.07) is 0.566. The van der Waals surface area contributed by atoms with E-state index in [1.54, 1.807) is 0 Å². The number of urea groups is 1. The third kappa shape index (κ3) is 2.62. The maximum Gasteiger partial charge on any atom is 0.317 e. The first-order valence-corrected chi connectivity index (χ1v) is 5.96. The van der Waals surface area contributed by atoms with Gasteiger partial charge in [-0.05, 0) is 37.6 Å². The van der Waals surface area contributed by atoms with Crippen LogP contribution in [0.1, 0.15) is 26.2 Å². The van der Waals surface area contributed by atoms with E-state index in [1.807, 2.05) is 4.90 Å². The van der Waals surface area contributed by atoms with E-state index in [0.717, 1.165) is 32.4 Å². The van der Waals surface area contributed by atoms with Crippen LogP contribution >= 0.6 is 0 Å². The molecule has 2 amide bonds. The molecule has 1 saturated heterocycles. The minimum absolute atomic E-state index is 0.114. The smallest absolute Gasteiger partial charge is 0.317 e. The molecule has 0 aromatic carbocycles. The maximum absolute atomic E-state index is 11.8. The summed E-state index contributed by atoms with van der Waals surface area (Å²) in [4.78, 5) is 13.7. The SMILES string of the molecule is CC1CCN(C(=O)NC2CC2)CC1CN. The molecule has 2 rings (SSSR count). The summed E-state index contributed by atoms with van der Waals surface area (Å²) in [5.41, 5.74) is 5.71. The van der Waals surface area contributed by atoms with Crippen LogP contribution in [0.5, 0.6) is 0 Å². The molecule has 2 fully saturated rings. The van der Waals surface area contributed by atoms with Crippen LogP contribution in [-0.2, 0) is 0 Å². The predicted octanol–water partition coefficient (Wildman–Crippen LogP) is 0.775.